The maximum Gasteiger partial charge on any atom is 0.230 e. The fourth-order valence-electron chi connectivity index (χ4n) is 3.36. The first-order valence-corrected chi connectivity index (χ1v) is 9.41. The van der Waals surface area contributed by atoms with Gasteiger partial charge < -0.3 is 15.5 Å². The number of anilines is 2. The molecule has 0 bridgehead atoms. The normalized spacial score (nSPS) is 16.7. The van der Waals surface area contributed by atoms with E-state index < -0.39 is 0 Å². The van der Waals surface area contributed by atoms with Crippen molar-refractivity contribution in [1.29, 1.82) is 5.26 Å². The Morgan fingerprint density at radius 3 is 2.82 bits per heavy atom. The number of pyridine rings is 2. The summed E-state index contributed by atoms with van der Waals surface area (Å²) in [7, 11) is 0. The number of nitriles is 1. The Morgan fingerprint density at radius 1 is 1.36 bits per heavy atom. The van der Waals surface area contributed by atoms with E-state index in [0.29, 0.717) is 30.4 Å². The molecule has 3 heterocycles. The lowest BCUT2D eigenvalue weighted by molar-refractivity contribution is -0.132. The maximum absolute atomic E-state index is 12.7. The van der Waals surface area contributed by atoms with E-state index in [1.165, 1.54) is 6.92 Å². The molecule has 1 aliphatic rings. The Kier molecular flexibility index (Phi) is 5.73. The number of rotatable bonds is 4. The predicted molar refractivity (Wildman–Crippen MR) is 107 cm³/mol. The molecule has 8 heteroatoms. The lowest BCUT2D eigenvalue weighted by atomic mass is 9.97. The third-order valence-electron chi connectivity index (χ3n) is 4.74. The van der Waals surface area contributed by atoms with E-state index in [1.807, 2.05) is 13.8 Å². The van der Waals surface area contributed by atoms with Gasteiger partial charge in [-0.05, 0) is 38.8 Å². The number of amides is 2. The van der Waals surface area contributed by atoms with Crippen molar-refractivity contribution in [3.8, 4) is 6.07 Å². The van der Waals surface area contributed by atoms with Crippen LogP contribution in [0.2, 0.25) is 0 Å². The number of nitrogens with one attached hydrogen (secondary N) is 2. The van der Waals surface area contributed by atoms with Crippen LogP contribution >= 0.6 is 0 Å². The lowest BCUT2D eigenvalue weighted by Crippen LogP contribution is -2.42. The number of aromatic nitrogens is 2. The number of piperidine rings is 1. The van der Waals surface area contributed by atoms with Gasteiger partial charge in [-0.2, -0.15) is 5.26 Å². The molecule has 1 aliphatic heterocycles. The summed E-state index contributed by atoms with van der Waals surface area (Å²) in [5.41, 5.74) is 0.306. The van der Waals surface area contributed by atoms with Crippen LogP contribution in [0.15, 0.2) is 18.3 Å². The minimum atomic E-state index is -0.248. The Hall–Kier alpha value is -3.21. The molecule has 1 saturated heterocycles. The van der Waals surface area contributed by atoms with Gasteiger partial charge in [0.15, 0.2) is 0 Å². The summed E-state index contributed by atoms with van der Waals surface area (Å²) in [4.78, 5) is 34.6. The molecule has 2 aromatic heterocycles. The molecule has 2 amide bonds. The smallest absolute Gasteiger partial charge is 0.230 e. The second-order valence-electron chi connectivity index (χ2n) is 7.35. The van der Waals surface area contributed by atoms with E-state index in [9.17, 15) is 14.9 Å². The van der Waals surface area contributed by atoms with Crippen molar-refractivity contribution < 1.29 is 9.59 Å². The molecule has 1 fully saturated rings. The van der Waals surface area contributed by atoms with Crippen molar-refractivity contribution in [2.45, 2.75) is 39.7 Å². The average Bonchev–Trinajstić information content (AvgIpc) is 2.67. The van der Waals surface area contributed by atoms with Gasteiger partial charge >= 0.3 is 0 Å². The Bertz CT molecular complexity index is 950. The van der Waals surface area contributed by atoms with Crippen LogP contribution in [0.25, 0.3) is 10.8 Å². The fraction of sp³-hybridized carbons (Fsp3) is 0.450. The van der Waals surface area contributed by atoms with Crippen LogP contribution in [-0.2, 0) is 9.59 Å². The second-order valence-corrected chi connectivity index (χ2v) is 7.35. The summed E-state index contributed by atoms with van der Waals surface area (Å²) in [6.45, 7) is 6.63. The minimum Gasteiger partial charge on any atom is -0.367 e. The summed E-state index contributed by atoms with van der Waals surface area (Å²) in [6.07, 6.45) is 3.18. The summed E-state index contributed by atoms with van der Waals surface area (Å²) in [6, 6.07) is 5.62. The predicted octanol–water partition coefficient (Wildman–Crippen LogP) is 2.52. The first kappa shape index (κ1) is 19.5. The van der Waals surface area contributed by atoms with Crippen LogP contribution in [0.4, 0.5) is 11.6 Å². The van der Waals surface area contributed by atoms with Crippen molar-refractivity contribution in [1.82, 2.24) is 14.9 Å². The second kappa shape index (κ2) is 8.21. The molecule has 0 saturated carbocycles. The van der Waals surface area contributed by atoms with Gasteiger partial charge in [0.05, 0.1) is 5.92 Å². The molecule has 3 rings (SSSR count). The van der Waals surface area contributed by atoms with Gasteiger partial charge in [0.1, 0.15) is 23.4 Å². The highest BCUT2D eigenvalue weighted by atomic mass is 16.2. The van der Waals surface area contributed by atoms with Crippen LogP contribution in [0.3, 0.4) is 0 Å². The lowest BCUT2D eigenvalue weighted by Gasteiger charge is -2.31. The molecule has 0 aromatic carbocycles. The molecule has 2 N–H and O–H groups in total. The Labute approximate surface area is 164 Å². The van der Waals surface area contributed by atoms with Crippen LogP contribution in [0.5, 0.6) is 0 Å². The molecule has 2 aromatic rings. The number of hydrogen-bond donors (Lipinski definition) is 2. The summed E-state index contributed by atoms with van der Waals surface area (Å²) < 4.78 is 0. The highest BCUT2D eigenvalue weighted by molar-refractivity contribution is 5.97. The molecule has 0 radical (unpaired) electrons. The number of fused-ring (bicyclic) bond motifs is 1. The zero-order chi connectivity index (χ0) is 20.3. The molecule has 0 spiro atoms. The maximum atomic E-state index is 12.7. The van der Waals surface area contributed by atoms with Crippen molar-refractivity contribution in [3.63, 3.8) is 0 Å². The van der Waals surface area contributed by atoms with Crippen molar-refractivity contribution in [2.75, 3.05) is 23.7 Å². The van der Waals surface area contributed by atoms with Gasteiger partial charge in [0, 0.05) is 43.0 Å². The average molecular weight is 380 g/mol. The van der Waals surface area contributed by atoms with Crippen LogP contribution in [-0.4, -0.2) is 45.8 Å². The number of likely N-dealkylation sites (tertiary alicyclic amines) is 1. The molecule has 1 atom stereocenters. The van der Waals surface area contributed by atoms with Crippen molar-refractivity contribution in [3.05, 3.63) is 24.0 Å². The van der Waals surface area contributed by atoms with Crippen LogP contribution in [0, 0.1) is 17.2 Å². The largest absolute Gasteiger partial charge is 0.367 e. The molecular formula is C20H24N6O2. The molecule has 8 nitrogen and oxygen atoms in total. The molecule has 0 aliphatic carbocycles. The van der Waals surface area contributed by atoms with Gasteiger partial charge in [0.2, 0.25) is 11.8 Å². The topological polar surface area (TPSA) is 111 Å². The standard InChI is InChI=1S/C20H24N6O2/c1-12(2)23-19-17-8-18(22-10-15(17)7-16(9-21)24-19)25-20(28)14-5-4-6-26(11-14)13(3)27/h7-8,10,12,14H,4-6,11H2,1-3H3,(H,23,24)(H,22,25,28). The molecule has 1 unspecified atom stereocenters. The monoisotopic (exact) mass is 380 g/mol. The Morgan fingerprint density at radius 2 is 2.14 bits per heavy atom. The van der Waals surface area contributed by atoms with Gasteiger partial charge in [-0.3, -0.25) is 9.59 Å². The van der Waals surface area contributed by atoms with Gasteiger partial charge in [-0.15, -0.1) is 0 Å². The third kappa shape index (κ3) is 4.36. The molecular weight excluding hydrogens is 356 g/mol. The van der Waals surface area contributed by atoms with Gasteiger partial charge in [-0.1, -0.05) is 0 Å². The minimum absolute atomic E-state index is 0.00916. The number of nitrogens with zero attached hydrogens (tertiary/aromatic N) is 4. The quantitative estimate of drug-likeness (QED) is 0.843. The highest BCUT2D eigenvalue weighted by Crippen LogP contribution is 2.26. The number of carbonyl (C=O) groups is 2. The van der Waals surface area contributed by atoms with Crippen LogP contribution < -0.4 is 10.6 Å². The van der Waals surface area contributed by atoms with E-state index in [-0.39, 0.29) is 23.8 Å². The number of carbonyl (C=O) groups excluding carboxylic acids is 2. The van der Waals surface area contributed by atoms with Gasteiger partial charge in [0.25, 0.3) is 0 Å². The Balaban J connectivity index is 1.84. The van der Waals surface area contributed by atoms with E-state index in [0.717, 1.165) is 23.6 Å². The van der Waals surface area contributed by atoms with E-state index >= 15 is 0 Å². The van der Waals surface area contributed by atoms with Crippen molar-refractivity contribution >= 4 is 34.2 Å². The first-order chi connectivity index (χ1) is 13.4. The molecule has 146 valence electrons. The van der Waals surface area contributed by atoms with E-state index in [2.05, 4.69) is 26.7 Å². The van der Waals surface area contributed by atoms with Crippen LogP contribution in [0.1, 0.15) is 39.3 Å². The highest BCUT2D eigenvalue weighted by Gasteiger charge is 2.27. The number of hydrogen-bond acceptors (Lipinski definition) is 6. The summed E-state index contributed by atoms with van der Waals surface area (Å²) >= 11 is 0. The zero-order valence-corrected chi connectivity index (χ0v) is 16.3. The van der Waals surface area contributed by atoms with E-state index in [1.54, 1.807) is 23.2 Å². The SMILES string of the molecule is CC(=O)N1CCCC(C(=O)Nc2cc3c(NC(C)C)nc(C#N)cc3cn2)C1. The third-order valence-corrected chi connectivity index (χ3v) is 4.74. The van der Waals surface area contributed by atoms with Crippen molar-refractivity contribution in [2.24, 2.45) is 5.92 Å². The fourth-order valence-corrected chi connectivity index (χ4v) is 3.36. The first-order valence-electron chi connectivity index (χ1n) is 9.41. The zero-order valence-electron chi connectivity index (χ0n) is 16.3. The van der Waals surface area contributed by atoms with Gasteiger partial charge in [-0.25, -0.2) is 9.97 Å². The molecule has 28 heavy (non-hydrogen) atoms. The summed E-state index contributed by atoms with van der Waals surface area (Å²) in [5, 5.41) is 16.8. The van der Waals surface area contributed by atoms with E-state index in [4.69, 9.17) is 0 Å². The summed E-state index contributed by atoms with van der Waals surface area (Å²) in [5.74, 6) is 0.614.